The molecule has 0 spiro atoms. The van der Waals surface area contributed by atoms with Gasteiger partial charge in [-0.25, -0.2) is 4.79 Å². The molecule has 0 aromatic rings. The van der Waals surface area contributed by atoms with Crippen molar-refractivity contribution < 1.29 is 19.5 Å². The molecule has 0 rings (SSSR count). The highest BCUT2D eigenvalue weighted by molar-refractivity contribution is 5.89. The summed E-state index contributed by atoms with van der Waals surface area (Å²) in [5.41, 5.74) is 0. The molecule has 0 saturated heterocycles. The van der Waals surface area contributed by atoms with Crippen LogP contribution in [0.2, 0.25) is 0 Å². The molecule has 0 saturated carbocycles. The van der Waals surface area contributed by atoms with Crippen LogP contribution >= 0.6 is 0 Å². The van der Waals surface area contributed by atoms with Gasteiger partial charge in [-0.1, -0.05) is 19.9 Å². The van der Waals surface area contributed by atoms with Gasteiger partial charge in [-0.3, -0.25) is 9.59 Å². The first kappa shape index (κ1) is 19.1. The predicted molar refractivity (Wildman–Crippen MR) is 80.7 cm³/mol. The SMILES string of the molecule is C=CCCC[C@@H](NC(=O)[C@H](CC(C)C)NC(C)=O)C(=O)O. The van der Waals surface area contributed by atoms with Crippen molar-refractivity contribution in [3.63, 3.8) is 0 Å². The molecule has 0 unspecified atom stereocenters. The van der Waals surface area contributed by atoms with E-state index in [1.54, 1.807) is 6.08 Å². The average molecular weight is 298 g/mol. The Morgan fingerprint density at radius 1 is 1.19 bits per heavy atom. The van der Waals surface area contributed by atoms with E-state index in [0.717, 1.165) is 0 Å². The third-order valence-electron chi connectivity index (χ3n) is 2.92. The van der Waals surface area contributed by atoms with Crippen LogP contribution in [-0.4, -0.2) is 35.0 Å². The van der Waals surface area contributed by atoms with Crippen LogP contribution in [0.4, 0.5) is 0 Å². The number of rotatable bonds is 10. The number of carbonyl (C=O) groups is 3. The van der Waals surface area contributed by atoms with Crippen molar-refractivity contribution in [3.8, 4) is 0 Å². The molecule has 6 nitrogen and oxygen atoms in total. The minimum atomic E-state index is -1.07. The molecule has 120 valence electrons. The molecule has 0 aliphatic carbocycles. The van der Waals surface area contributed by atoms with Crippen LogP contribution in [0.15, 0.2) is 12.7 Å². The van der Waals surface area contributed by atoms with Crippen molar-refractivity contribution >= 4 is 17.8 Å². The van der Waals surface area contributed by atoms with E-state index in [1.165, 1.54) is 6.92 Å². The summed E-state index contributed by atoms with van der Waals surface area (Å²) in [5.74, 6) is -1.63. The van der Waals surface area contributed by atoms with Crippen LogP contribution in [0, 0.1) is 5.92 Å². The van der Waals surface area contributed by atoms with Crippen molar-refractivity contribution in [1.82, 2.24) is 10.6 Å². The van der Waals surface area contributed by atoms with Crippen LogP contribution in [-0.2, 0) is 14.4 Å². The van der Waals surface area contributed by atoms with E-state index < -0.39 is 24.0 Å². The maximum absolute atomic E-state index is 12.2. The summed E-state index contributed by atoms with van der Waals surface area (Å²) in [5, 5.41) is 14.2. The van der Waals surface area contributed by atoms with Gasteiger partial charge in [0.05, 0.1) is 0 Å². The highest BCUT2D eigenvalue weighted by Crippen LogP contribution is 2.07. The highest BCUT2D eigenvalue weighted by Gasteiger charge is 2.26. The Bertz CT molecular complexity index is 380. The third kappa shape index (κ3) is 8.83. The Morgan fingerprint density at radius 3 is 2.24 bits per heavy atom. The molecule has 0 aromatic heterocycles. The van der Waals surface area contributed by atoms with E-state index in [4.69, 9.17) is 5.11 Å². The second-order valence-electron chi connectivity index (χ2n) is 5.50. The normalized spacial score (nSPS) is 13.3. The lowest BCUT2D eigenvalue weighted by molar-refractivity contribution is -0.142. The quantitative estimate of drug-likeness (QED) is 0.420. The summed E-state index contributed by atoms with van der Waals surface area (Å²) in [7, 11) is 0. The Kier molecular flexibility index (Phi) is 9.08. The standard InChI is InChI=1S/C15H26N2O4/c1-5-6-7-8-12(15(20)21)17-14(19)13(9-10(2)3)16-11(4)18/h5,10,12-13H,1,6-9H2,2-4H3,(H,16,18)(H,17,19)(H,20,21)/t12-,13+/m1/s1. The Hall–Kier alpha value is -1.85. The minimum absolute atomic E-state index is 0.205. The van der Waals surface area contributed by atoms with Gasteiger partial charge >= 0.3 is 5.97 Å². The number of carboxylic acid groups (broad SMARTS) is 1. The van der Waals surface area contributed by atoms with E-state index in [1.807, 2.05) is 13.8 Å². The number of carboxylic acids is 1. The summed E-state index contributed by atoms with van der Waals surface area (Å²) < 4.78 is 0. The van der Waals surface area contributed by atoms with Gasteiger partial charge in [0.15, 0.2) is 0 Å². The summed E-state index contributed by atoms with van der Waals surface area (Å²) in [6, 6.07) is -1.65. The van der Waals surface area contributed by atoms with Gasteiger partial charge < -0.3 is 15.7 Å². The van der Waals surface area contributed by atoms with E-state index in [9.17, 15) is 14.4 Å². The fraction of sp³-hybridized carbons (Fsp3) is 0.667. The number of hydrogen-bond acceptors (Lipinski definition) is 3. The molecule has 2 atom stereocenters. The predicted octanol–water partition coefficient (Wildman–Crippen LogP) is 1.46. The van der Waals surface area contributed by atoms with Crippen LogP contribution in [0.5, 0.6) is 0 Å². The Labute approximate surface area is 126 Å². The van der Waals surface area contributed by atoms with Gasteiger partial charge in [-0.2, -0.15) is 0 Å². The van der Waals surface area contributed by atoms with Gasteiger partial charge in [-0.15, -0.1) is 6.58 Å². The molecule has 6 heteroatoms. The molecular formula is C15H26N2O4. The number of allylic oxidation sites excluding steroid dienone is 1. The van der Waals surface area contributed by atoms with Gasteiger partial charge in [-0.05, 0) is 31.6 Å². The fourth-order valence-electron chi connectivity index (χ4n) is 1.94. The minimum Gasteiger partial charge on any atom is -0.480 e. The van der Waals surface area contributed by atoms with E-state index in [2.05, 4.69) is 17.2 Å². The molecule has 0 aliphatic rings. The van der Waals surface area contributed by atoms with E-state index in [-0.39, 0.29) is 11.8 Å². The smallest absolute Gasteiger partial charge is 0.326 e. The number of nitrogens with one attached hydrogen (secondary N) is 2. The number of hydrogen-bond donors (Lipinski definition) is 3. The lowest BCUT2D eigenvalue weighted by atomic mass is 10.0. The Morgan fingerprint density at radius 2 is 1.81 bits per heavy atom. The fourth-order valence-corrected chi connectivity index (χ4v) is 1.94. The lowest BCUT2D eigenvalue weighted by Crippen LogP contribution is -2.51. The van der Waals surface area contributed by atoms with E-state index >= 15 is 0 Å². The molecule has 0 radical (unpaired) electrons. The number of carbonyl (C=O) groups excluding carboxylic acids is 2. The largest absolute Gasteiger partial charge is 0.480 e. The molecule has 3 N–H and O–H groups in total. The molecule has 0 heterocycles. The van der Waals surface area contributed by atoms with Gasteiger partial charge in [0.25, 0.3) is 0 Å². The van der Waals surface area contributed by atoms with Crippen LogP contribution in [0.1, 0.15) is 46.5 Å². The molecule has 0 aliphatic heterocycles. The summed E-state index contributed by atoms with van der Waals surface area (Å²) in [4.78, 5) is 34.5. The highest BCUT2D eigenvalue weighted by atomic mass is 16.4. The zero-order chi connectivity index (χ0) is 16.4. The molecule has 0 bridgehead atoms. The van der Waals surface area contributed by atoms with Gasteiger partial charge in [0, 0.05) is 6.92 Å². The maximum Gasteiger partial charge on any atom is 0.326 e. The topological polar surface area (TPSA) is 95.5 Å². The van der Waals surface area contributed by atoms with Gasteiger partial charge in [0.1, 0.15) is 12.1 Å². The third-order valence-corrected chi connectivity index (χ3v) is 2.92. The zero-order valence-corrected chi connectivity index (χ0v) is 13.0. The van der Waals surface area contributed by atoms with Crippen molar-refractivity contribution in [2.24, 2.45) is 5.92 Å². The second-order valence-corrected chi connectivity index (χ2v) is 5.50. The van der Waals surface area contributed by atoms with E-state index in [0.29, 0.717) is 25.7 Å². The summed E-state index contributed by atoms with van der Waals surface area (Å²) in [6.07, 6.45) is 3.84. The van der Waals surface area contributed by atoms with Crippen molar-refractivity contribution in [3.05, 3.63) is 12.7 Å². The van der Waals surface area contributed by atoms with Crippen LogP contribution in [0.3, 0.4) is 0 Å². The van der Waals surface area contributed by atoms with Crippen LogP contribution < -0.4 is 10.6 Å². The van der Waals surface area contributed by atoms with Crippen molar-refractivity contribution in [1.29, 1.82) is 0 Å². The lowest BCUT2D eigenvalue weighted by Gasteiger charge is -2.22. The first-order valence-corrected chi connectivity index (χ1v) is 7.19. The molecule has 21 heavy (non-hydrogen) atoms. The van der Waals surface area contributed by atoms with Crippen molar-refractivity contribution in [2.75, 3.05) is 0 Å². The van der Waals surface area contributed by atoms with Gasteiger partial charge in [0.2, 0.25) is 11.8 Å². The number of aliphatic carboxylic acids is 1. The first-order chi connectivity index (χ1) is 9.77. The molecule has 0 aromatic carbocycles. The van der Waals surface area contributed by atoms with Crippen LogP contribution in [0.25, 0.3) is 0 Å². The second kappa shape index (κ2) is 9.96. The zero-order valence-electron chi connectivity index (χ0n) is 13.0. The maximum atomic E-state index is 12.2. The average Bonchev–Trinajstić information content (AvgIpc) is 2.35. The number of amides is 2. The van der Waals surface area contributed by atoms with Crippen molar-refractivity contribution in [2.45, 2.75) is 58.5 Å². The summed E-state index contributed by atoms with van der Waals surface area (Å²) >= 11 is 0. The summed E-state index contributed by atoms with van der Waals surface area (Å²) in [6.45, 7) is 8.77. The molecule has 0 fully saturated rings. The molecular weight excluding hydrogens is 272 g/mol. The number of unbranched alkanes of at least 4 members (excludes halogenated alkanes) is 1. The first-order valence-electron chi connectivity index (χ1n) is 7.19. The Balaban J connectivity index is 4.68. The monoisotopic (exact) mass is 298 g/mol. The molecule has 2 amide bonds.